The van der Waals surface area contributed by atoms with Gasteiger partial charge in [0.25, 0.3) is 5.91 Å². The number of hydrogen-bond acceptors (Lipinski definition) is 5. The molecule has 17 heavy (non-hydrogen) atoms. The van der Waals surface area contributed by atoms with E-state index in [9.17, 15) is 14.7 Å². The Morgan fingerprint density at radius 2 is 2.24 bits per heavy atom. The van der Waals surface area contributed by atoms with Crippen molar-refractivity contribution in [2.45, 2.75) is 19.4 Å². The zero-order valence-electron chi connectivity index (χ0n) is 9.73. The van der Waals surface area contributed by atoms with Crippen molar-refractivity contribution in [3.05, 3.63) is 23.7 Å². The van der Waals surface area contributed by atoms with Crippen LogP contribution in [0.25, 0.3) is 0 Å². The SMILES string of the molecule is CCc1ccc(C(=O)NCC(O)C(=O)OC)o1. The number of hydrogen-bond donors (Lipinski definition) is 2. The van der Waals surface area contributed by atoms with Gasteiger partial charge in [0, 0.05) is 6.42 Å². The fourth-order valence-electron chi connectivity index (χ4n) is 1.19. The van der Waals surface area contributed by atoms with Gasteiger partial charge in [-0.3, -0.25) is 4.79 Å². The van der Waals surface area contributed by atoms with Crippen LogP contribution in [0.3, 0.4) is 0 Å². The first-order valence-corrected chi connectivity index (χ1v) is 5.21. The molecule has 1 aromatic rings. The van der Waals surface area contributed by atoms with Crippen LogP contribution in [-0.4, -0.2) is 36.7 Å². The third-order valence-electron chi connectivity index (χ3n) is 2.16. The molecule has 1 aromatic heterocycles. The topological polar surface area (TPSA) is 88.8 Å². The monoisotopic (exact) mass is 241 g/mol. The van der Waals surface area contributed by atoms with Crippen molar-refractivity contribution < 1.29 is 23.8 Å². The Morgan fingerprint density at radius 1 is 1.53 bits per heavy atom. The summed E-state index contributed by atoms with van der Waals surface area (Å²) in [7, 11) is 1.16. The average molecular weight is 241 g/mol. The Morgan fingerprint density at radius 3 is 2.76 bits per heavy atom. The van der Waals surface area contributed by atoms with Gasteiger partial charge in [0.15, 0.2) is 11.9 Å². The van der Waals surface area contributed by atoms with E-state index in [0.717, 1.165) is 7.11 Å². The zero-order valence-corrected chi connectivity index (χ0v) is 9.73. The van der Waals surface area contributed by atoms with E-state index in [2.05, 4.69) is 10.1 Å². The van der Waals surface area contributed by atoms with Crippen molar-refractivity contribution in [3.63, 3.8) is 0 Å². The van der Waals surface area contributed by atoms with Gasteiger partial charge in [0.1, 0.15) is 5.76 Å². The molecule has 0 radical (unpaired) electrons. The second kappa shape index (κ2) is 6.05. The number of amides is 1. The van der Waals surface area contributed by atoms with Crippen LogP contribution >= 0.6 is 0 Å². The summed E-state index contributed by atoms with van der Waals surface area (Å²) in [6, 6.07) is 3.24. The van der Waals surface area contributed by atoms with Gasteiger partial charge < -0.3 is 19.6 Å². The molecule has 0 saturated carbocycles. The molecule has 0 aliphatic rings. The van der Waals surface area contributed by atoms with Gasteiger partial charge in [-0.2, -0.15) is 0 Å². The van der Waals surface area contributed by atoms with Gasteiger partial charge in [0.05, 0.1) is 13.7 Å². The molecule has 1 heterocycles. The molecule has 1 atom stereocenters. The van der Waals surface area contributed by atoms with Gasteiger partial charge in [0.2, 0.25) is 0 Å². The Balaban J connectivity index is 2.47. The van der Waals surface area contributed by atoms with E-state index in [4.69, 9.17) is 4.42 Å². The molecule has 0 fully saturated rings. The fourth-order valence-corrected chi connectivity index (χ4v) is 1.19. The van der Waals surface area contributed by atoms with Crippen molar-refractivity contribution >= 4 is 11.9 Å². The van der Waals surface area contributed by atoms with E-state index in [0.29, 0.717) is 12.2 Å². The molecule has 94 valence electrons. The molecule has 0 spiro atoms. The molecule has 2 N–H and O–H groups in total. The molecule has 1 amide bonds. The van der Waals surface area contributed by atoms with E-state index in [1.165, 1.54) is 0 Å². The molecular formula is C11H15NO5. The Hall–Kier alpha value is -1.82. The number of furan rings is 1. The quantitative estimate of drug-likeness (QED) is 0.714. The number of aliphatic hydroxyl groups is 1. The first-order valence-electron chi connectivity index (χ1n) is 5.21. The van der Waals surface area contributed by atoms with E-state index >= 15 is 0 Å². The van der Waals surface area contributed by atoms with Crippen molar-refractivity contribution in [2.24, 2.45) is 0 Å². The second-order valence-corrected chi connectivity index (χ2v) is 3.37. The van der Waals surface area contributed by atoms with Crippen molar-refractivity contribution in [1.82, 2.24) is 5.32 Å². The fraction of sp³-hybridized carbons (Fsp3) is 0.455. The van der Waals surface area contributed by atoms with Crippen LogP contribution in [0.5, 0.6) is 0 Å². The standard InChI is InChI=1S/C11H15NO5/c1-3-7-4-5-9(17-7)10(14)12-6-8(13)11(15)16-2/h4-5,8,13H,3,6H2,1-2H3,(H,12,14). The summed E-state index contributed by atoms with van der Waals surface area (Å²) in [5.41, 5.74) is 0. The number of carbonyl (C=O) groups excluding carboxylic acids is 2. The van der Waals surface area contributed by atoms with Gasteiger partial charge in [-0.1, -0.05) is 6.92 Å². The maximum Gasteiger partial charge on any atom is 0.336 e. The van der Waals surface area contributed by atoms with Gasteiger partial charge >= 0.3 is 5.97 Å². The summed E-state index contributed by atoms with van der Waals surface area (Å²) in [6.07, 6.45) is -0.678. The highest BCUT2D eigenvalue weighted by Crippen LogP contribution is 2.07. The number of aliphatic hydroxyl groups excluding tert-OH is 1. The molecule has 1 unspecified atom stereocenters. The molecular weight excluding hydrogens is 226 g/mol. The smallest absolute Gasteiger partial charge is 0.336 e. The lowest BCUT2D eigenvalue weighted by molar-refractivity contribution is -0.149. The molecule has 0 aliphatic heterocycles. The molecule has 0 saturated heterocycles. The third kappa shape index (κ3) is 3.60. The minimum atomic E-state index is -1.37. The number of esters is 1. The van der Waals surface area contributed by atoms with Crippen molar-refractivity contribution in [2.75, 3.05) is 13.7 Å². The van der Waals surface area contributed by atoms with E-state index in [1.54, 1.807) is 12.1 Å². The molecule has 0 bridgehead atoms. The van der Waals surface area contributed by atoms with Crippen molar-refractivity contribution in [1.29, 1.82) is 0 Å². The van der Waals surface area contributed by atoms with Crippen LogP contribution in [0.15, 0.2) is 16.5 Å². The summed E-state index contributed by atoms with van der Waals surface area (Å²) < 4.78 is 9.51. The average Bonchev–Trinajstić information content (AvgIpc) is 2.83. The lowest BCUT2D eigenvalue weighted by Crippen LogP contribution is -2.37. The summed E-state index contributed by atoms with van der Waals surface area (Å²) in [6.45, 7) is 1.69. The van der Waals surface area contributed by atoms with Crippen molar-refractivity contribution in [3.8, 4) is 0 Å². The lowest BCUT2D eigenvalue weighted by Gasteiger charge is -2.08. The van der Waals surface area contributed by atoms with E-state index < -0.39 is 18.0 Å². The number of nitrogens with one attached hydrogen (secondary N) is 1. The van der Waals surface area contributed by atoms with Gasteiger partial charge in [-0.05, 0) is 12.1 Å². The summed E-state index contributed by atoms with van der Waals surface area (Å²) in [4.78, 5) is 22.4. The largest absolute Gasteiger partial charge is 0.467 e. The van der Waals surface area contributed by atoms with Gasteiger partial charge in [-0.25, -0.2) is 4.79 Å². The molecule has 6 heteroatoms. The van der Waals surface area contributed by atoms with Crippen LogP contribution in [0.4, 0.5) is 0 Å². The maximum atomic E-state index is 11.5. The number of carbonyl (C=O) groups is 2. The molecule has 6 nitrogen and oxygen atoms in total. The predicted molar refractivity (Wildman–Crippen MR) is 58.4 cm³/mol. The number of rotatable bonds is 5. The highest BCUT2D eigenvalue weighted by atomic mass is 16.5. The van der Waals surface area contributed by atoms with Crippen LogP contribution in [0.1, 0.15) is 23.2 Å². The molecule has 1 rings (SSSR count). The first-order chi connectivity index (χ1) is 8.08. The maximum absolute atomic E-state index is 11.5. The van der Waals surface area contributed by atoms with Crippen LogP contribution in [0.2, 0.25) is 0 Å². The Labute approximate surface area is 98.6 Å². The number of aryl methyl sites for hydroxylation is 1. The lowest BCUT2D eigenvalue weighted by atomic mass is 10.3. The highest BCUT2D eigenvalue weighted by Gasteiger charge is 2.17. The predicted octanol–water partition coefficient (Wildman–Crippen LogP) is 0.106. The Kier molecular flexibility index (Phi) is 4.71. The zero-order chi connectivity index (χ0) is 12.8. The number of methoxy groups -OCH3 is 1. The minimum Gasteiger partial charge on any atom is -0.467 e. The molecule has 0 aromatic carbocycles. The highest BCUT2D eigenvalue weighted by molar-refractivity contribution is 5.91. The number of ether oxygens (including phenoxy) is 1. The summed E-state index contributed by atoms with van der Waals surface area (Å²) in [5.74, 6) is -0.422. The summed E-state index contributed by atoms with van der Waals surface area (Å²) in [5, 5.41) is 11.6. The normalized spacial score (nSPS) is 11.9. The Bertz CT molecular complexity index is 398. The molecule has 0 aliphatic carbocycles. The summed E-state index contributed by atoms with van der Waals surface area (Å²) >= 11 is 0. The minimum absolute atomic E-state index is 0.152. The van der Waals surface area contributed by atoms with Crippen LogP contribution < -0.4 is 5.32 Å². The van der Waals surface area contributed by atoms with E-state index in [1.807, 2.05) is 6.92 Å². The first kappa shape index (κ1) is 13.2. The van der Waals surface area contributed by atoms with Gasteiger partial charge in [-0.15, -0.1) is 0 Å². The third-order valence-corrected chi connectivity index (χ3v) is 2.16. The van der Waals surface area contributed by atoms with Crippen LogP contribution in [0, 0.1) is 0 Å². The second-order valence-electron chi connectivity index (χ2n) is 3.37. The van der Waals surface area contributed by atoms with E-state index in [-0.39, 0.29) is 12.3 Å². The van der Waals surface area contributed by atoms with Crippen LogP contribution in [-0.2, 0) is 16.0 Å².